The quantitative estimate of drug-likeness (QED) is 0.853. The third-order valence-electron chi connectivity index (χ3n) is 3.83. The van der Waals surface area contributed by atoms with Crippen molar-refractivity contribution in [3.63, 3.8) is 0 Å². The highest BCUT2D eigenvalue weighted by molar-refractivity contribution is 7.89. The van der Waals surface area contributed by atoms with Crippen molar-refractivity contribution in [2.24, 2.45) is 5.92 Å². The Bertz CT molecular complexity index is 669. The molecule has 1 aromatic rings. The maximum atomic E-state index is 12.7. The predicted octanol–water partition coefficient (Wildman–Crippen LogP) is 2.26. The third-order valence-corrected chi connectivity index (χ3v) is 6.18. The minimum Gasteiger partial charge on any atom is -0.380 e. The summed E-state index contributed by atoms with van der Waals surface area (Å²) in [6.07, 6.45) is 0.597. The molecule has 0 radical (unpaired) electrons. The van der Waals surface area contributed by atoms with Crippen molar-refractivity contribution in [3.05, 3.63) is 28.8 Å². The molecule has 1 aliphatic heterocycles. The van der Waals surface area contributed by atoms with Crippen LogP contribution in [0.5, 0.6) is 0 Å². The van der Waals surface area contributed by atoms with Gasteiger partial charge in [0.05, 0.1) is 22.8 Å². The number of nitrogens with zero attached hydrogens (tertiary/aromatic N) is 2. The molecule has 0 bridgehead atoms. The van der Waals surface area contributed by atoms with E-state index in [2.05, 4.69) is 0 Å². The van der Waals surface area contributed by atoms with E-state index in [0.717, 1.165) is 6.42 Å². The number of methoxy groups -OCH3 is 1. The fraction of sp³-hybridized carbons (Fsp3) is 0.500. The smallest absolute Gasteiger partial charge is 0.244 e. The Morgan fingerprint density at radius 1 is 1.48 bits per heavy atom. The molecule has 2 rings (SSSR count). The van der Waals surface area contributed by atoms with Gasteiger partial charge in [-0.25, -0.2) is 8.42 Å². The van der Waals surface area contributed by atoms with Crippen LogP contribution >= 0.6 is 11.6 Å². The molecule has 1 aliphatic rings. The second-order valence-corrected chi connectivity index (χ2v) is 7.47. The van der Waals surface area contributed by atoms with E-state index in [1.54, 1.807) is 7.11 Å². The van der Waals surface area contributed by atoms with Crippen LogP contribution in [0.3, 0.4) is 0 Å². The van der Waals surface area contributed by atoms with E-state index < -0.39 is 10.0 Å². The highest BCUT2D eigenvalue weighted by Gasteiger charge is 2.34. The van der Waals surface area contributed by atoms with E-state index in [4.69, 9.17) is 21.6 Å². The van der Waals surface area contributed by atoms with E-state index in [0.29, 0.717) is 19.0 Å². The van der Waals surface area contributed by atoms with Crippen LogP contribution in [-0.4, -0.2) is 39.0 Å². The van der Waals surface area contributed by atoms with Crippen molar-refractivity contribution in [2.45, 2.75) is 24.3 Å². The van der Waals surface area contributed by atoms with Gasteiger partial charge in [0.15, 0.2) is 0 Å². The zero-order valence-corrected chi connectivity index (χ0v) is 13.5. The van der Waals surface area contributed by atoms with Gasteiger partial charge in [0.1, 0.15) is 4.90 Å². The zero-order valence-electron chi connectivity index (χ0n) is 11.9. The van der Waals surface area contributed by atoms with Crippen LogP contribution in [0.15, 0.2) is 23.1 Å². The number of hydrogen-bond donors (Lipinski definition) is 0. The maximum Gasteiger partial charge on any atom is 0.244 e. The van der Waals surface area contributed by atoms with Gasteiger partial charge in [0.25, 0.3) is 0 Å². The van der Waals surface area contributed by atoms with Crippen LogP contribution in [-0.2, 0) is 14.8 Å². The molecule has 5 nitrogen and oxygen atoms in total. The molecule has 7 heteroatoms. The molecule has 1 saturated heterocycles. The number of ether oxygens (including phenoxy) is 1. The van der Waals surface area contributed by atoms with Crippen LogP contribution in [0.1, 0.15) is 18.9 Å². The van der Waals surface area contributed by atoms with Gasteiger partial charge in [0, 0.05) is 20.2 Å². The SMILES string of the molecule is COC1CN(S(=O)(=O)c2cc(C#N)ccc2Cl)CCC1C. The number of hydrogen-bond acceptors (Lipinski definition) is 4. The van der Waals surface area contributed by atoms with Gasteiger partial charge in [-0.15, -0.1) is 0 Å². The standard InChI is InChI=1S/C14H17ClN2O3S/c1-10-5-6-17(9-13(10)20-2)21(18,19)14-7-11(8-16)3-4-12(14)15/h3-4,7,10,13H,5-6,9H2,1-2H3. The Morgan fingerprint density at radius 3 is 2.81 bits per heavy atom. The van der Waals surface area contributed by atoms with Gasteiger partial charge >= 0.3 is 0 Å². The Kier molecular flexibility index (Phi) is 4.89. The Hall–Kier alpha value is -1.13. The number of benzene rings is 1. The first-order chi connectivity index (χ1) is 9.90. The lowest BCUT2D eigenvalue weighted by atomic mass is 9.97. The molecule has 1 heterocycles. The Balaban J connectivity index is 2.37. The van der Waals surface area contributed by atoms with Crippen molar-refractivity contribution in [3.8, 4) is 6.07 Å². The fourth-order valence-corrected chi connectivity index (χ4v) is 4.41. The van der Waals surface area contributed by atoms with Crippen molar-refractivity contribution < 1.29 is 13.2 Å². The summed E-state index contributed by atoms with van der Waals surface area (Å²) < 4.78 is 32.2. The van der Waals surface area contributed by atoms with Crippen LogP contribution in [0.2, 0.25) is 5.02 Å². The largest absolute Gasteiger partial charge is 0.380 e. The normalized spacial score (nSPS) is 23.7. The highest BCUT2D eigenvalue weighted by Crippen LogP contribution is 2.29. The summed E-state index contributed by atoms with van der Waals surface area (Å²) in [5, 5.41) is 9.05. The maximum absolute atomic E-state index is 12.7. The summed E-state index contributed by atoms with van der Waals surface area (Å²) >= 11 is 6.01. The number of nitriles is 1. The van der Waals surface area contributed by atoms with Gasteiger partial charge in [-0.1, -0.05) is 18.5 Å². The number of sulfonamides is 1. The summed E-state index contributed by atoms with van der Waals surface area (Å²) in [5.41, 5.74) is 0.270. The number of halogens is 1. The van der Waals surface area contributed by atoms with Crippen molar-refractivity contribution >= 4 is 21.6 Å². The summed E-state index contributed by atoms with van der Waals surface area (Å²) in [5.74, 6) is 0.308. The molecule has 0 spiro atoms. The topological polar surface area (TPSA) is 70.4 Å². The molecule has 114 valence electrons. The van der Waals surface area contributed by atoms with Gasteiger partial charge in [0.2, 0.25) is 10.0 Å². The second-order valence-electron chi connectivity index (χ2n) is 5.16. The molecule has 1 fully saturated rings. The molecule has 0 aromatic heterocycles. The van der Waals surface area contributed by atoms with Gasteiger partial charge in [-0.3, -0.25) is 0 Å². The van der Waals surface area contributed by atoms with Crippen molar-refractivity contribution in [2.75, 3.05) is 20.2 Å². The van der Waals surface area contributed by atoms with Gasteiger partial charge < -0.3 is 4.74 Å². The average molecular weight is 329 g/mol. The predicted molar refractivity (Wildman–Crippen MR) is 79.5 cm³/mol. The van der Waals surface area contributed by atoms with Crippen molar-refractivity contribution in [1.82, 2.24) is 4.31 Å². The molecule has 0 saturated carbocycles. The second kappa shape index (κ2) is 6.32. The summed E-state index contributed by atoms with van der Waals surface area (Å²) in [6, 6.07) is 6.18. The molecule has 0 N–H and O–H groups in total. The van der Waals surface area contributed by atoms with Gasteiger partial charge in [-0.2, -0.15) is 9.57 Å². The Labute approximate surface area is 130 Å². The van der Waals surface area contributed by atoms with E-state index in [9.17, 15) is 8.42 Å². The average Bonchev–Trinajstić information content (AvgIpc) is 2.47. The fourth-order valence-electron chi connectivity index (χ4n) is 2.44. The van der Waals surface area contributed by atoms with Crippen LogP contribution in [0.25, 0.3) is 0 Å². The van der Waals surface area contributed by atoms with E-state index in [1.807, 2.05) is 13.0 Å². The molecule has 2 atom stereocenters. The first-order valence-electron chi connectivity index (χ1n) is 6.62. The number of rotatable bonds is 3. The number of piperidine rings is 1. The lowest BCUT2D eigenvalue weighted by Gasteiger charge is -2.35. The lowest BCUT2D eigenvalue weighted by Crippen LogP contribution is -2.46. The molecule has 21 heavy (non-hydrogen) atoms. The van der Waals surface area contributed by atoms with E-state index in [-0.39, 0.29) is 21.6 Å². The lowest BCUT2D eigenvalue weighted by molar-refractivity contribution is 0.0184. The summed E-state index contributed by atoms with van der Waals surface area (Å²) in [6.45, 7) is 2.77. The molecular formula is C14H17ClN2O3S. The molecule has 2 unspecified atom stereocenters. The van der Waals surface area contributed by atoms with Gasteiger partial charge in [-0.05, 0) is 30.5 Å². The van der Waals surface area contributed by atoms with Crippen molar-refractivity contribution in [1.29, 1.82) is 5.26 Å². The molecule has 0 aliphatic carbocycles. The first kappa shape index (κ1) is 16.2. The minimum atomic E-state index is -3.72. The highest BCUT2D eigenvalue weighted by atomic mass is 35.5. The monoisotopic (exact) mass is 328 g/mol. The first-order valence-corrected chi connectivity index (χ1v) is 8.44. The summed E-state index contributed by atoms with van der Waals surface area (Å²) in [4.78, 5) is -0.0207. The van der Waals surface area contributed by atoms with Crippen LogP contribution < -0.4 is 0 Å². The van der Waals surface area contributed by atoms with E-state index in [1.165, 1.54) is 22.5 Å². The third kappa shape index (κ3) is 3.22. The zero-order chi connectivity index (χ0) is 15.6. The minimum absolute atomic E-state index is 0.0207. The molecular weight excluding hydrogens is 312 g/mol. The molecule has 1 aromatic carbocycles. The summed E-state index contributed by atoms with van der Waals surface area (Å²) in [7, 11) is -2.14. The van der Waals surface area contributed by atoms with Crippen LogP contribution in [0, 0.1) is 17.2 Å². The Morgan fingerprint density at radius 2 is 2.19 bits per heavy atom. The molecule has 0 amide bonds. The van der Waals surface area contributed by atoms with E-state index >= 15 is 0 Å². The van der Waals surface area contributed by atoms with Crippen LogP contribution in [0.4, 0.5) is 0 Å².